The molecule has 0 saturated carbocycles. The van der Waals surface area contributed by atoms with Crippen LogP contribution in [0.3, 0.4) is 0 Å². The Morgan fingerprint density at radius 3 is 2.69 bits per heavy atom. The maximum Gasteiger partial charge on any atom is 0.170 e. The van der Waals surface area contributed by atoms with E-state index >= 15 is 0 Å². The van der Waals surface area contributed by atoms with Gasteiger partial charge in [0.25, 0.3) is 0 Å². The van der Waals surface area contributed by atoms with Crippen LogP contribution in [-0.4, -0.2) is 51.9 Å². The summed E-state index contributed by atoms with van der Waals surface area (Å²) >= 11 is 1.80. The third-order valence-electron chi connectivity index (χ3n) is 3.41. The second-order valence-corrected chi connectivity index (χ2v) is 5.89. The highest BCUT2D eigenvalue weighted by atomic mass is 32.2. The van der Waals surface area contributed by atoms with Gasteiger partial charge in [0.1, 0.15) is 18.3 Å². The smallest absolute Gasteiger partial charge is 0.170 e. The third-order valence-corrected chi connectivity index (χ3v) is 4.61. The molecule has 5 heteroatoms. The van der Waals surface area contributed by atoms with Gasteiger partial charge >= 0.3 is 0 Å². The van der Waals surface area contributed by atoms with Crippen molar-refractivity contribution < 1.29 is 19.7 Å². The van der Waals surface area contributed by atoms with E-state index in [9.17, 15) is 10.2 Å². The van der Waals surface area contributed by atoms with Crippen LogP contribution in [0.1, 0.15) is 26.7 Å². The number of thioether (sulfide) groups is 1. The number of ether oxygens (including phenoxy) is 2. The fourth-order valence-corrected chi connectivity index (χ4v) is 3.75. The molecule has 2 fully saturated rings. The monoisotopic (exact) mass is 248 g/mol. The SMILES string of the molecule is CCS[C@H]1C[C@@]2(CC)O[C@@H]1[C@H](O)[C@@H](CO)O2. The maximum atomic E-state index is 10.0. The van der Waals surface area contributed by atoms with Crippen molar-refractivity contribution in [3.05, 3.63) is 0 Å². The van der Waals surface area contributed by atoms with E-state index < -0.39 is 18.0 Å². The van der Waals surface area contributed by atoms with Gasteiger partial charge in [-0.05, 0) is 12.2 Å². The van der Waals surface area contributed by atoms with E-state index in [0.29, 0.717) is 0 Å². The van der Waals surface area contributed by atoms with Gasteiger partial charge in [-0.1, -0.05) is 13.8 Å². The van der Waals surface area contributed by atoms with Crippen molar-refractivity contribution >= 4 is 11.8 Å². The summed E-state index contributed by atoms with van der Waals surface area (Å²) in [7, 11) is 0. The van der Waals surface area contributed by atoms with Crippen molar-refractivity contribution in [2.75, 3.05) is 12.4 Å². The van der Waals surface area contributed by atoms with Crippen LogP contribution >= 0.6 is 11.8 Å². The summed E-state index contributed by atoms with van der Waals surface area (Å²) in [5.41, 5.74) is 0. The Morgan fingerprint density at radius 1 is 1.38 bits per heavy atom. The van der Waals surface area contributed by atoms with Gasteiger partial charge in [0.05, 0.1) is 6.61 Å². The van der Waals surface area contributed by atoms with E-state index in [2.05, 4.69) is 6.92 Å². The van der Waals surface area contributed by atoms with Gasteiger partial charge in [0.2, 0.25) is 0 Å². The lowest BCUT2D eigenvalue weighted by molar-refractivity contribution is -0.322. The van der Waals surface area contributed by atoms with Crippen molar-refractivity contribution in [3.8, 4) is 0 Å². The second-order valence-electron chi connectivity index (χ2n) is 4.37. The minimum Gasteiger partial charge on any atom is -0.394 e. The van der Waals surface area contributed by atoms with E-state index in [4.69, 9.17) is 9.47 Å². The quantitative estimate of drug-likeness (QED) is 0.769. The zero-order valence-electron chi connectivity index (χ0n) is 9.76. The Bertz CT molecular complexity index is 250. The molecule has 0 spiro atoms. The summed E-state index contributed by atoms with van der Waals surface area (Å²) < 4.78 is 11.6. The molecule has 2 bridgehead atoms. The summed E-state index contributed by atoms with van der Waals surface area (Å²) in [6, 6.07) is 0. The van der Waals surface area contributed by atoms with Crippen LogP contribution in [0.4, 0.5) is 0 Å². The number of rotatable bonds is 4. The Labute approximate surface area is 100 Å². The lowest BCUT2D eigenvalue weighted by Gasteiger charge is -2.40. The minimum absolute atomic E-state index is 0.147. The molecule has 0 aromatic carbocycles. The molecule has 2 heterocycles. The number of aliphatic hydroxyl groups is 2. The lowest BCUT2D eigenvalue weighted by atomic mass is 10.1. The largest absolute Gasteiger partial charge is 0.394 e. The molecule has 0 aromatic rings. The number of fused-ring (bicyclic) bond motifs is 2. The molecule has 0 unspecified atom stereocenters. The van der Waals surface area contributed by atoms with Gasteiger partial charge in [-0.2, -0.15) is 11.8 Å². The molecular weight excluding hydrogens is 228 g/mol. The van der Waals surface area contributed by atoms with Crippen molar-refractivity contribution in [2.45, 2.75) is 56.0 Å². The van der Waals surface area contributed by atoms with Gasteiger partial charge in [-0.25, -0.2) is 0 Å². The first kappa shape index (κ1) is 12.6. The van der Waals surface area contributed by atoms with Crippen LogP contribution in [0.2, 0.25) is 0 Å². The fourth-order valence-electron chi connectivity index (χ4n) is 2.54. The van der Waals surface area contributed by atoms with E-state index in [1.165, 1.54) is 0 Å². The molecular formula is C11H20O4S. The van der Waals surface area contributed by atoms with Crippen LogP contribution in [0.5, 0.6) is 0 Å². The Hall–Kier alpha value is 0.190. The van der Waals surface area contributed by atoms with Gasteiger partial charge < -0.3 is 19.7 Å². The summed E-state index contributed by atoms with van der Waals surface area (Å²) in [5.74, 6) is 0.422. The summed E-state index contributed by atoms with van der Waals surface area (Å²) in [6.45, 7) is 3.97. The standard InChI is InChI=1S/C11H20O4S/c1-3-11-5-8(16-4-2)10(15-11)9(13)7(6-12)14-11/h7-10,12-13H,3-6H2,1-2H3/t7-,8+,9-,10+,11-/m1/s1. The highest BCUT2D eigenvalue weighted by Crippen LogP contribution is 2.46. The van der Waals surface area contributed by atoms with E-state index in [1.807, 2.05) is 6.92 Å². The highest BCUT2D eigenvalue weighted by Gasteiger charge is 2.56. The van der Waals surface area contributed by atoms with Gasteiger partial charge in [-0.3, -0.25) is 0 Å². The molecule has 5 atom stereocenters. The zero-order valence-corrected chi connectivity index (χ0v) is 10.6. The van der Waals surface area contributed by atoms with Crippen LogP contribution in [0.15, 0.2) is 0 Å². The molecule has 16 heavy (non-hydrogen) atoms. The molecule has 2 rings (SSSR count). The first-order valence-corrected chi connectivity index (χ1v) is 6.97. The number of hydrogen-bond donors (Lipinski definition) is 2. The molecule has 94 valence electrons. The molecule has 2 aliphatic rings. The number of hydrogen-bond acceptors (Lipinski definition) is 5. The van der Waals surface area contributed by atoms with Crippen molar-refractivity contribution in [1.29, 1.82) is 0 Å². The fraction of sp³-hybridized carbons (Fsp3) is 1.00. The zero-order chi connectivity index (χ0) is 11.8. The molecule has 0 radical (unpaired) electrons. The molecule has 2 aliphatic heterocycles. The van der Waals surface area contributed by atoms with E-state index in [0.717, 1.165) is 18.6 Å². The number of aliphatic hydroxyl groups excluding tert-OH is 2. The van der Waals surface area contributed by atoms with Crippen molar-refractivity contribution in [1.82, 2.24) is 0 Å². The lowest BCUT2D eigenvalue weighted by Crippen LogP contribution is -2.53. The molecule has 0 aromatic heterocycles. The Morgan fingerprint density at radius 2 is 2.12 bits per heavy atom. The second kappa shape index (κ2) is 4.82. The van der Waals surface area contributed by atoms with Gasteiger partial charge in [0.15, 0.2) is 5.79 Å². The van der Waals surface area contributed by atoms with Crippen LogP contribution < -0.4 is 0 Å². The molecule has 2 saturated heterocycles. The van der Waals surface area contributed by atoms with Crippen molar-refractivity contribution in [2.24, 2.45) is 0 Å². The first-order chi connectivity index (χ1) is 7.65. The van der Waals surface area contributed by atoms with Crippen LogP contribution in [0, 0.1) is 0 Å². The third kappa shape index (κ3) is 1.99. The average molecular weight is 248 g/mol. The topological polar surface area (TPSA) is 58.9 Å². The average Bonchev–Trinajstić information content (AvgIpc) is 2.61. The molecule has 2 N–H and O–H groups in total. The Kier molecular flexibility index (Phi) is 3.81. The van der Waals surface area contributed by atoms with Gasteiger partial charge in [-0.15, -0.1) is 0 Å². The highest BCUT2D eigenvalue weighted by molar-refractivity contribution is 7.99. The predicted octanol–water partition coefficient (Wildman–Crippen LogP) is 0.755. The normalized spacial score (nSPS) is 47.2. The molecule has 0 aliphatic carbocycles. The Balaban J connectivity index is 2.16. The molecule has 4 nitrogen and oxygen atoms in total. The van der Waals surface area contributed by atoms with Crippen molar-refractivity contribution in [3.63, 3.8) is 0 Å². The summed E-state index contributed by atoms with van der Waals surface area (Å²) in [4.78, 5) is 0. The van der Waals surface area contributed by atoms with Crippen LogP contribution in [0.25, 0.3) is 0 Å². The molecule has 0 amide bonds. The van der Waals surface area contributed by atoms with E-state index in [-0.39, 0.29) is 18.0 Å². The first-order valence-electron chi connectivity index (χ1n) is 5.92. The summed E-state index contributed by atoms with van der Waals surface area (Å²) in [6.07, 6.45) is 0.154. The maximum absolute atomic E-state index is 10.0. The van der Waals surface area contributed by atoms with Crippen LogP contribution in [-0.2, 0) is 9.47 Å². The summed E-state index contributed by atoms with van der Waals surface area (Å²) in [5, 5.41) is 19.5. The predicted molar refractivity (Wildman–Crippen MR) is 62.4 cm³/mol. The van der Waals surface area contributed by atoms with Gasteiger partial charge in [0, 0.05) is 11.7 Å². The minimum atomic E-state index is -0.712. The van der Waals surface area contributed by atoms with E-state index in [1.54, 1.807) is 11.8 Å².